The number of rotatable bonds is 6. The molecule has 0 aromatic heterocycles. The maximum Gasteiger partial charge on any atom is 0.304 e. The summed E-state index contributed by atoms with van der Waals surface area (Å²) in [6.45, 7) is 1.27. The number of hydrogen-bond donors (Lipinski definition) is 1. The monoisotopic (exact) mass is 293 g/mol. The SMILES string of the molecule is O=C(O)CCN(Cc1ccc(F)cc1)C1CCCCCC1. The van der Waals surface area contributed by atoms with Crippen LogP contribution in [0.2, 0.25) is 0 Å². The average molecular weight is 293 g/mol. The molecule has 1 N–H and O–H groups in total. The van der Waals surface area contributed by atoms with E-state index in [4.69, 9.17) is 5.11 Å². The number of aliphatic carboxylic acids is 1. The van der Waals surface area contributed by atoms with Crippen molar-refractivity contribution in [1.29, 1.82) is 0 Å². The molecule has 0 heterocycles. The lowest BCUT2D eigenvalue weighted by Gasteiger charge is -2.31. The van der Waals surface area contributed by atoms with E-state index in [-0.39, 0.29) is 12.2 Å². The van der Waals surface area contributed by atoms with E-state index in [1.165, 1.54) is 37.8 Å². The summed E-state index contributed by atoms with van der Waals surface area (Å²) in [6, 6.07) is 6.98. The summed E-state index contributed by atoms with van der Waals surface area (Å²) in [6.07, 6.45) is 7.44. The number of carboxylic acids is 1. The third kappa shape index (κ3) is 5.46. The topological polar surface area (TPSA) is 40.5 Å². The van der Waals surface area contributed by atoms with Crippen LogP contribution in [-0.4, -0.2) is 28.6 Å². The van der Waals surface area contributed by atoms with E-state index in [1.807, 2.05) is 0 Å². The molecule has 116 valence electrons. The highest BCUT2D eigenvalue weighted by atomic mass is 19.1. The molecule has 1 fully saturated rings. The van der Waals surface area contributed by atoms with Gasteiger partial charge in [0.25, 0.3) is 0 Å². The van der Waals surface area contributed by atoms with Gasteiger partial charge in [0.05, 0.1) is 6.42 Å². The normalized spacial score (nSPS) is 16.9. The van der Waals surface area contributed by atoms with Gasteiger partial charge in [0.1, 0.15) is 5.82 Å². The molecule has 1 saturated carbocycles. The van der Waals surface area contributed by atoms with Gasteiger partial charge in [-0.2, -0.15) is 0 Å². The predicted octanol–water partition coefficient (Wildman–Crippen LogP) is 3.83. The molecule has 1 aliphatic rings. The summed E-state index contributed by atoms with van der Waals surface area (Å²) in [5.41, 5.74) is 1.05. The molecule has 3 nitrogen and oxygen atoms in total. The van der Waals surface area contributed by atoms with Gasteiger partial charge >= 0.3 is 5.97 Å². The van der Waals surface area contributed by atoms with Crippen LogP contribution >= 0.6 is 0 Å². The van der Waals surface area contributed by atoms with Crippen molar-refractivity contribution in [3.63, 3.8) is 0 Å². The minimum absolute atomic E-state index is 0.164. The van der Waals surface area contributed by atoms with Crippen LogP contribution in [0, 0.1) is 5.82 Å². The van der Waals surface area contributed by atoms with Crippen molar-refractivity contribution in [2.45, 2.75) is 57.5 Å². The standard InChI is InChI=1S/C17H24FNO2/c18-15-9-7-14(8-10-15)13-19(12-11-17(20)21)16-5-3-1-2-4-6-16/h7-10,16H,1-6,11-13H2,(H,20,21). The molecule has 0 amide bonds. The summed E-state index contributed by atoms with van der Waals surface area (Å²) in [5, 5.41) is 8.94. The lowest BCUT2D eigenvalue weighted by molar-refractivity contribution is -0.137. The van der Waals surface area contributed by atoms with E-state index >= 15 is 0 Å². The smallest absolute Gasteiger partial charge is 0.304 e. The molecule has 2 rings (SSSR count). The fraction of sp³-hybridized carbons (Fsp3) is 0.588. The van der Waals surface area contributed by atoms with Crippen molar-refractivity contribution in [1.82, 2.24) is 4.90 Å². The van der Waals surface area contributed by atoms with E-state index in [0.717, 1.165) is 18.4 Å². The first-order chi connectivity index (χ1) is 10.1. The summed E-state index contributed by atoms with van der Waals surface area (Å²) in [7, 11) is 0. The largest absolute Gasteiger partial charge is 0.481 e. The van der Waals surface area contributed by atoms with Gasteiger partial charge < -0.3 is 5.11 Å². The van der Waals surface area contributed by atoms with Crippen LogP contribution in [0.25, 0.3) is 0 Å². The highest BCUT2D eigenvalue weighted by Crippen LogP contribution is 2.23. The molecule has 4 heteroatoms. The molecular formula is C17H24FNO2. The second kappa shape index (κ2) is 8.13. The molecule has 21 heavy (non-hydrogen) atoms. The first kappa shape index (κ1) is 16.0. The van der Waals surface area contributed by atoms with E-state index in [0.29, 0.717) is 19.1 Å². The van der Waals surface area contributed by atoms with Crippen LogP contribution in [-0.2, 0) is 11.3 Å². The number of halogens is 1. The van der Waals surface area contributed by atoms with Gasteiger partial charge in [0.15, 0.2) is 0 Å². The van der Waals surface area contributed by atoms with Crippen molar-refractivity contribution >= 4 is 5.97 Å². The maximum absolute atomic E-state index is 13.0. The first-order valence-electron chi connectivity index (χ1n) is 7.85. The van der Waals surface area contributed by atoms with E-state index in [9.17, 15) is 9.18 Å². The van der Waals surface area contributed by atoms with Crippen molar-refractivity contribution in [3.05, 3.63) is 35.6 Å². The summed E-state index contributed by atoms with van der Waals surface area (Å²) in [4.78, 5) is 13.1. The zero-order chi connectivity index (χ0) is 15.1. The van der Waals surface area contributed by atoms with E-state index in [1.54, 1.807) is 12.1 Å². The molecular weight excluding hydrogens is 269 g/mol. The molecule has 0 spiro atoms. The Balaban J connectivity index is 2.02. The third-order valence-electron chi connectivity index (χ3n) is 4.25. The quantitative estimate of drug-likeness (QED) is 0.810. The Morgan fingerprint density at radius 2 is 1.76 bits per heavy atom. The Kier molecular flexibility index (Phi) is 6.18. The highest BCUT2D eigenvalue weighted by molar-refractivity contribution is 5.66. The molecule has 0 saturated heterocycles. The van der Waals surface area contributed by atoms with Crippen LogP contribution < -0.4 is 0 Å². The van der Waals surface area contributed by atoms with Crippen LogP contribution in [0.1, 0.15) is 50.5 Å². The van der Waals surface area contributed by atoms with E-state index < -0.39 is 5.97 Å². The van der Waals surface area contributed by atoms with Crippen LogP contribution in [0.3, 0.4) is 0 Å². The Labute approximate surface area is 125 Å². The van der Waals surface area contributed by atoms with Crippen molar-refractivity contribution in [3.8, 4) is 0 Å². The first-order valence-corrected chi connectivity index (χ1v) is 7.85. The average Bonchev–Trinajstić information content (AvgIpc) is 2.74. The molecule has 0 bridgehead atoms. The van der Waals surface area contributed by atoms with Gasteiger partial charge in [0, 0.05) is 19.1 Å². The highest BCUT2D eigenvalue weighted by Gasteiger charge is 2.20. The minimum atomic E-state index is -0.757. The van der Waals surface area contributed by atoms with E-state index in [2.05, 4.69) is 4.90 Å². The summed E-state index contributed by atoms with van der Waals surface area (Å²) in [5.74, 6) is -0.988. The maximum atomic E-state index is 13.0. The van der Waals surface area contributed by atoms with Crippen molar-refractivity contribution in [2.24, 2.45) is 0 Å². The molecule has 1 aromatic rings. The van der Waals surface area contributed by atoms with Crippen LogP contribution in [0.5, 0.6) is 0 Å². The number of hydrogen-bond acceptors (Lipinski definition) is 2. The van der Waals surface area contributed by atoms with Crippen LogP contribution in [0.4, 0.5) is 4.39 Å². The molecule has 0 aliphatic heterocycles. The zero-order valence-electron chi connectivity index (χ0n) is 12.4. The van der Waals surface area contributed by atoms with Crippen molar-refractivity contribution in [2.75, 3.05) is 6.54 Å². The second-order valence-electron chi connectivity index (χ2n) is 5.89. The molecule has 1 aliphatic carbocycles. The third-order valence-corrected chi connectivity index (χ3v) is 4.25. The molecule has 0 unspecified atom stereocenters. The summed E-state index contributed by atoms with van der Waals surface area (Å²) < 4.78 is 13.0. The molecule has 0 atom stereocenters. The lowest BCUT2D eigenvalue weighted by Crippen LogP contribution is -2.36. The molecule has 0 radical (unpaired) electrons. The van der Waals surface area contributed by atoms with Gasteiger partial charge in [-0.1, -0.05) is 37.8 Å². The summed E-state index contributed by atoms with van der Waals surface area (Å²) >= 11 is 0. The Morgan fingerprint density at radius 3 is 2.33 bits per heavy atom. The lowest BCUT2D eigenvalue weighted by atomic mass is 10.1. The van der Waals surface area contributed by atoms with Gasteiger partial charge in [0.2, 0.25) is 0 Å². The molecule has 1 aromatic carbocycles. The van der Waals surface area contributed by atoms with Gasteiger partial charge in [-0.05, 0) is 30.5 Å². The Morgan fingerprint density at radius 1 is 1.14 bits per heavy atom. The predicted molar refractivity (Wildman–Crippen MR) is 80.6 cm³/mol. The fourth-order valence-electron chi connectivity index (χ4n) is 3.08. The van der Waals surface area contributed by atoms with Gasteiger partial charge in [-0.3, -0.25) is 9.69 Å². The number of carboxylic acid groups (broad SMARTS) is 1. The number of benzene rings is 1. The zero-order valence-corrected chi connectivity index (χ0v) is 12.4. The van der Waals surface area contributed by atoms with Gasteiger partial charge in [-0.15, -0.1) is 0 Å². The fourth-order valence-corrected chi connectivity index (χ4v) is 3.08. The van der Waals surface area contributed by atoms with Crippen LogP contribution in [0.15, 0.2) is 24.3 Å². The minimum Gasteiger partial charge on any atom is -0.481 e. The number of nitrogens with zero attached hydrogens (tertiary/aromatic N) is 1. The number of carbonyl (C=O) groups is 1. The Bertz CT molecular complexity index is 439. The van der Waals surface area contributed by atoms with Gasteiger partial charge in [-0.25, -0.2) is 4.39 Å². The second-order valence-corrected chi connectivity index (χ2v) is 5.89. The van der Waals surface area contributed by atoms with Crippen molar-refractivity contribution < 1.29 is 14.3 Å². The Hall–Kier alpha value is -1.42.